The summed E-state index contributed by atoms with van der Waals surface area (Å²) in [7, 11) is 0. The molecule has 3 N–H and O–H groups in total. The lowest BCUT2D eigenvalue weighted by atomic mass is 9.94. The van der Waals surface area contributed by atoms with Crippen LogP contribution in [0.4, 0.5) is 4.79 Å². The van der Waals surface area contributed by atoms with Gasteiger partial charge in [-0.25, -0.2) is 4.79 Å². The molecule has 7 heteroatoms. The summed E-state index contributed by atoms with van der Waals surface area (Å²) >= 11 is 0. The molecule has 7 nitrogen and oxygen atoms in total. The van der Waals surface area contributed by atoms with Crippen LogP contribution in [0.3, 0.4) is 0 Å². The Morgan fingerprint density at radius 1 is 1.06 bits per heavy atom. The first kappa shape index (κ1) is 23.8. The number of carbonyl (C=O) groups is 3. The highest BCUT2D eigenvalue weighted by Gasteiger charge is 2.49. The minimum atomic E-state index is -1.07. The molecule has 2 aromatic carbocycles. The van der Waals surface area contributed by atoms with Crippen molar-refractivity contribution in [2.45, 2.75) is 63.5 Å². The first-order chi connectivity index (χ1) is 16.3. The van der Waals surface area contributed by atoms with Crippen LogP contribution in [0.15, 0.2) is 48.5 Å². The number of aliphatic carboxylic acids is 1. The van der Waals surface area contributed by atoms with Gasteiger partial charge in [0.15, 0.2) is 0 Å². The van der Waals surface area contributed by atoms with Crippen LogP contribution in [0.25, 0.3) is 11.1 Å². The standard InChI is InChI=1S/C27H32N2O5/c1-17(8-7-13-24(30)31)28-25(32)27(2,18-14-15-18)29-26(33)34-16-23-21-11-5-3-9-19(21)20-10-4-6-12-22(20)23/h3-6,9-12,17-18,23H,7-8,13-16H2,1-2H3,(H,28,32)(H,29,33)(H,30,31). The Balaban J connectivity index is 1.37. The summed E-state index contributed by atoms with van der Waals surface area (Å²) in [4.78, 5) is 36.6. The zero-order valence-corrected chi connectivity index (χ0v) is 19.7. The third kappa shape index (κ3) is 5.08. The van der Waals surface area contributed by atoms with E-state index in [4.69, 9.17) is 9.84 Å². The highest BCUT2D eigenvalue weighted by atomic mass is 16.5. The fourth-order valence-electron chi connectivity index (χ4n) is 4.86. The molecule has 2 amide bonds. The van der Waals surface area contributed by atoms with Crippen molar-refractivity contribution >= 4 is 18.0 Å². The molecular formula is C27H32N2O5. The van der Waals surface area contributed by atoms with E-state index in [1.54, 1.807) is 6.92 Å². The Hall–Kier alpha value is -3.35. The maximum Gasteiger partial charge on any atom is 0.408 e. The monoisotopic (exact) mass is 464 g/mol. The van der Waals surface area contributed by atoms with Gasteiger partial charge in [0.2, 0.25) is 5.91 Å². The fraction of sp³-hybridized carbons (Fsp3) is 0.444. The molecule has 0 heterocycles. The maximum atomic E-state index is 13.1. The van der Waals surface area contributed by atoms with Crippen LogP contribution in [0, 0.1) is 5.92 Å². The molecule has 0 aliphatic heterocycles. The van der Waals surface area contributed by atoms with Crippen LogP contribution in [-0.4, -0.2) is 41.3 Å². The zero-order chi connectivity index (χ0) is 24.3. The van der Waals surface area contributed by atoms with E-state index in [9.17, 15) is 14.4 Å². The van der Waals surface area contributed by atoms with Crippen molar-refractivity contribution in [3.63, 3.8) is 0 Å². The Morgan fingerprint density at radius 3 is 2.21 bits per heavy atom. The molecule has 2 atom stereocenters. The molecule has 2 aliphatic rings. The number of alkyl carbamates (subject to hydrolysis) is 1. The SMILES string of the molecule is CC(CCCC(=O)O)NC(=O)C(C)(NC(=O)OCC1c2ccccc2-c2ccccc21)C1CC1. The molecule has 0 aromatic heterocycles. The molecule has 2 aromatic rings. The smallest absolute Gasteiger partial charge is 0.408 e. The van der Waals surface area contributed by atoms with Crippen LogP contribution in [-0.2, 0) is 14.3 Å². The number of hydrogen-bond donors (Lipinski definition) is 3. The fourth-order valence-corrected chi connectivity index (χ4v) is 4.86. The van der Waals surface area contributed by atoms with Crippen molar-refractivity contribution in [1.82, 2.24) is 10.6 Å². The lowest BCUT2D eigenvalue weighted by Crippen LogP contribution is -2.59. The summed E-state index contributed by atoms with van der Waals surface area (Å²) in [5.74, 6) is -1.10. The van der Waals surface area contributed by atoms with Gasteiger partial charge in [0, 0.05) is 18.4 Å². The minimum Gasteiger partial charge on any atom is -0.481 e. The third-order valence-electron chi connectivity index (χ3n) is 6.98. The number of fused-ring (bicyclic) bond motifs is 3. The molecule has 4 rings (SSSR count). The van der Waals surface area contributed by atoms with Gasteiger partial charge in [-0.05, 0) is 67.7 Å². The Morgan fingerprint density at radius 2 is 1.65 bits per heavy atom. The van der Waals surface area contributed by atoms with Crippen molar-refractivity contribution in [2.24, 2.45) is 5.92 Å². The summed E-state index contributed by atoms with van der Waals surface area (Å²) in [6, 6.07) is 16.1. The van der Waals surface area contributed by atoms with Crippen molar-refractivity contribution in [3.05, 3.63) is 59.7 Å². The van der Waals surface area contributed by atoms with Crippen LogP contribution in [0.2, 0.25) is 0 Å². The Labute approximate surface area is 199 Å². The van der Waals surface area contributed by atoms with Crippen molar-refractivity contribution < 1.29 is 24.2 Å². The Bertz CT molecular complexity index is 1030. The van der Waals surface area contributed by atoms with E-state index >= 15 is 0 Å². The predicted molar refractivity (Wildman–Crippen MR) is 128 cm³/mol. The molecule has 180 valence electrons. The summed E-state index contributed by atoms with van der Waals surface area (Å²) < 4.78 is 5.66. The van der Waals surface area contributed by atoms with Gasteiger partial charge in [-0.3, -0.25) is 9.59 Å². The number of benzene rings is 2. The van der Waals surface area contributed by atoms with Gasteiger partial charge in [0.05, 0.1) is 0 Å². The predicted octanol–water partition coefficient (Wildman–Crippen LogP) is 4.45. The lowest BCUT2D eigenvalue weighted by molar-refractivity contribution is -0.137. The van der Waals surface area contributed by atoms with Gasteiger partial charge in [-0.1, -0.05) is 48.5 Å². The maximum absolute atomic E-state index is 13.1. The zero-order valence-electron chi connectivity index (χ0n) is 19.7. The molecular weight excluding hydrogens is 432 g/mol. The number of carboxylic acids is 1. The van der Waals surface area contributed by atoms with Gasteiger partial charge in [0.1, 0.15) is 12.1 Å². The van der Waals surface area contributed by atoms with E-state index in [1.807, 2.05) is 31.2 Å². The van der Waals surface area contributed by atoms with E-state index in [0.717, 1.165) is 35.1 Å². The van der Waals surface area contributed by atoms with Gasteiger partial charge in [-0.15, -0.1) is 0 Å². The number of carbonyl (C=O) groups excluding carboxylic acids is 2. The van der Waals surface area contributed by atoms with E-state index < -0.39 is 17.6 Å². The van der Waals surface area contributed by atoms with Crippen LogP contribution in [0.5, 0.6) is 0 Å². The number of ether oxygens (including phenoxy) is 1. The molecule has 0 radical (unpaired) electrons. The van der Waals surface area contributed by atoms with Crippen LogP contribution < -0.4 is 10.6 Å². The van der Waals surface area contributed by atoms with Gasteiger partial charge in [-0.2, -0.15) is 0 Å². The summed E-state index contributed by atoms with van der Waals surface area (Å²) in [6.07, 6.45) is 2.23. The highest BCUT2D eigenvalue weighted by Crippen LogP contribution is 2.44. The quantitative estimate of drug-likeness (QED) is 0.482. The van der Waals surface area contributed by atoms with Crippen molar-refractivity contribution in [3.8, 4) is 11.1 Å². The van der Waals surface area contributed by atoms with E-state index in [2.05, 4.69) is 34.9 Å². The second-order valence-electron chi connectivity index (χ2n) is 9.59. The Kier molecular flexibility index (Phi) is 6.91. The first-order valence-electron chi connectivity index (χ1n) is 12.0. The average Bonchev–Trinajstić information content (AvgIpc) is 3.61. The summed E-state index contributed by atoms with van der Waals surface area (Å²) in [6.45, 7) is 3.78. The molecule has 1 fully saturated rings. The highest BCUT2D eigenvalue weighted by molar-refractivity contribution is 5.90. The van der Waals surface area contributed by atoms with E-state index in [0.29, 0.717) is 12.8 Å². The largest absolute Gasteiger partial charge is 0.481 e. The second kappa shape index (κ2) is 9.87. The number of carboxylic acid groups (broad SMARTS) is 1. The average molecular weight is 465 g/mol. The van der Waals surface area contributed by atoms with Crippen LogP contribution in [0.1, 0.15) is 63.0 Å². The molecule has 1 saturated carbocycles. The second-order valence-corrected chi connectivity index (χ2v) is 9.59. The van der Waals surface area contributed by atoms with Crippen molar-refractivity contribution in [2.75, 3.05) is 6.61 Å². The summed E-state index contributed by atoms with van der Waals surface area (Å²) in [5.41, 5.74) is 3.52. The first-order valence-corrected chi connectivity index (χ1v) is 12.0. The molecule has 34 heavy (non-hydrogen) atoms. The number of hydrogen-bond acceptors (Lipinski definition) is 4. The van der Waals surface area contributed by atoms with E-state index in [-0.39, 0.29) is 36.8 Å². The van der Waals surface area contributed by atoms with Crippen LogP contribution >= 0.6 is 0 Å². The normalized spacial score (nSPS) is 17.1. The molecule has 2 aliphatic carbocycles. The van der Waals surface area contributed by atoms with Gasteiger partial charge in [0.25, 0.3) is 0 Å². The van der Waals surface area contributed by atoms with Gasteiger partial charge >= 0.3 is 12.1 Å². The third-order valence-corrected chi connectivity index (χ3v) is 6.98. The minimum absolute atomic E-state index is 0.0478. The topological polar surface area (TPSA) is 105 Å². The molecule has 0 spiro atoms. The molecule has 0 saturated heterocycles. The molecule has 0 bridgehead atoms. The summed E-state index contributed by atoms with van der Waals surface area (Å²) in [5, 5.41) is 14.6. The van der Waals surface area contributed by atoms with Gasteiger partial charge < -0.3 is 20.5 Å². The number of amides is 2. The number of nitrogens with one attached hydrogen (secondary N) is 2. The number of rotatable bonds is 10. The van der Waals surface area contributed by atoms with E-state index in [1.165, 1.54) is 0 Å². The molecule has 2 unspecified atom stereocenters. The van der Waals surface area contributed by atoms with Crippen molar-refractivity contribution in [1.29, 1.82) is 0 Å². The lowest BCUT2D eigenvalue weighted by Gasteiger charge is -2.31.